The van der Waals surface area contributed by atoms with Gasteiger partial charge >= 0.3 is 0 Å². The van der Waals surface area contributed by atoms with Crippen LogP contribution in [0.1, 0.15) is 0 Å². The van der Waals surface area contributed by atoms with Crippen molar-refractivity contribution < 1.29 is 25.9 Å². The van der Waals surface area contributed by atoms with Gasteiger partial charge < -0.3 is 11.5 Å². The number of fused-ring (bicyclic) bond motifs is 1. The molecule has 0 aliphatic carbocycles. The monoisotopic (exact) mass is 318 g/mol. The first kappa shape index (κ1) is 14.5. The second kappa shape index (κ2) is 4.31. The van der Waals surface area contributed by atoms with Gasteiger partial charge in [-0.15, -0.1) is 0 Å². The van der Waals surface area contributed by atoms with Gasteiger partial charge in [-0.25, -0.2) is 0 Å². The Bertz CT molecular complexity index is 846. The van der Waals surface area contributed by atoms with E-state index >= 15 is 0 Å². The summed E-state index contributed by atoms with van der Waals surface area (Å²) in [4.78, 5) is -1.41. The first-order valence-electron chi connectivity index (χ1n) is 5.09. The summed E-state index contributed by atoms with van der Waals surface area (Å²) in [5.41, 5.74) is 11.3. The van der Waals surface area contributed by atoms with E-state index in [-0.39, 0.29) is 16.8 Å². The molecule has 2 aromatic carbocycles. The minimum Gasteiger partial charge on any atom is -0.398 e. The molecule has 10 heteroatoms. The topological polar surface area (TPSA) is 161 Å². The fourth-order valence-electron chi connectivity index (χ4n) is 1.92. The Labute approximate surface area is 114 Å². The van der Waals surface area contributed by atoms with Crippen molar-refractivity contribution in [3.63, 3.8) is 0 Å². The molecule has 2 rings (SSSR count). The lowest BCUT2D eigenvalue weighted by molar-refractivity contribution is 0.483. The zero-order valence-corrected chi connectivity index (χ0v) is 11.4. The van der Waals surface area contributed by atoms with Crippen molar-refractivity contribution in [3.8, 4) is 0 Å². The van der Waals surface area contributed by atoms with Crippen molar-refractivity contribution in [1.82, 2.24) is 0 Å². The molecule has 2 aromatic rings. The predicted molar refractivity (Wildman–Crippen MR) is 72.4 cm³/mol. The smallest absolute Gasteiger partial charge is 0.295 e. The molecular weight excluding hydrogens is 308 g/mol. The third kappa shape index (κ3) is 2.29. The summed E-state index contributed by atoms with van der Waals surface area (Å²) in [5, 5.41) is -0.523. The van der Waals surface area contributed by atoms with Crippen LogP contribution in [0.5, 0.6) is 0 Å². The molecule has 0 heterocycles. The van der Waals surface area contributed by atoms with Crippen LogP contribution in [0.25, 0.3) is 10.8 Å². The summed E-state index contributed by atoms with van der Waals surface area (Å²) in [6.07, 6.45) is 0. The van der Waals surface area contributed by atoms with E-state index in [9.17, 15) is 25.9 Å². The van der Waals surface area contributed by atoms with E-state index in [1.165, 1.54) is 0 Å². The van der Waals surface area contributed by atoms with Crippen molar-refractivity contribution in [3.05, 3.63) is 24.3 Å². The lowest BCUT2D eigenvalue weighted by Gasteiger charge is -2.12. The highest BCUT2D eigenvalue weighted by Crippen LogP contribution is 2.36. The second-order valence-corrected chi connectivity index (χ2v) is 6.79. The zero-order valence-electron chi connectivity index (χ0n) is 9.81. The predicted octanol–water partition coefficient (Wildman–Crippen LogP) is 0.498. The Morgan fingerprint density at radius 3 is 1.35 bits per heavy atom. The molecule has 0 bridgehead atoms. The minimum atomic E-state index is -4.73. The van der Waals surface area contributed by atoms with Crippen LogP contribution < -0.4 is 11.5 Å². The van der Waals surface area contributed by atoms with E-state index in [0.717, 1.165) is 24.3 Å². The Morgan fingerprint density at radius 1 is 0.700 bits per heavy atom. The van der Waals surface area contributed by atoms with Crippen LogP contribution in [0.2, 0.25) is 0 Å². The highest BCUT2D eigenvalue weighted by molar-refractivity contribution is 7.87. The van der Waals surface area contributed by atoms with E-state index in [4.69, 9.17) is 11.5 Å². The molecule has 0 fully saturated rings. The zero-order chi connectivity index (χ0) is 15.3. The van der Waals surface area contributed by atoms with E-state index in [2.05, 4.69) is 0 Å². The van der Waals surface area contributed by atoms with Gasteiger partial charge in [0.05, 0.1) is 0 Å². The highest BCUT2D eigenvalue weighted by atomic mass is 32.2. The van der Waals surface area contributed by atoms with Crippen molar-refractivity contribution in [2.45, 2.75) is 9.79 Å². The van der Waals surface area contributed by atoms with Gasteiger partial charge in [0.1, 0.15) is 9.79 Å². The Morgan fingerprint density at radius 2 is 1.05 bits per heavy atom. The maximum Gasteiger partial charge on any atom is 0.295 e. The maximum atomic E-state index is 11.3. The largest absolute Gasteiger partial charge is 0.398 e. The lowest BCUT2D eigenvalue weighted by atomic mass is 10.1. The number of rotatable bonds is 2. The molecule has 0 spiro atoms. The molecule has 0 saturated carbocycles. The quantitative estimate of drug-likeness (QED) is 0.459. The van der Waals surface area contributed by atoms with Gasteiger partial charge in [0.2, 0.25) is 0 Å². The molecule has 0 radical (unpaired) electrons. The first-order valence-corrected chi connectivity index (χ1v) is 7.97. The Hall–Kier alpha value is -1.88. The summed E-state index contributed by atoms with van der Waals surface area (Å²) in [7, 11) is -9.46. The average molecular weight is 318 g/mol. The van der Waals surface area contributed by atoms with Gasteiger partial charge in [-0.3, -0.25) is 9.11 Å². The third-order valence-corrected chi connectivity index (χ3v) is 4.50. The van der Waals surface area contributed by atoms with Crippen molar-refractivity contribution >= 4 is 42.4 Å². The Kier molecular flexibility index (Phi) is 3.13. The van der Waals surface area contributed by atoms with Crippen molar-refractivity contribution in [2.24, 2.45) is 0 Å². The van der Waals surface area contributed by atoms with Crippen molar-refractivity contribution in [2.75, 3.05) is 11.5 Å². The van der Waals surface area contributed by atoms with Crippen LogP contribution >= 0.6 is 0 Å². The van der Waals surface area contributed by atoms with Gasteiger partial charge in [-0.05, 0) is 24.3 Å². The van der Waals surface area contributed by atoms with Gasteiger partial charge in [0.15, 0.2) is 0 Å². The summed E-state index contributed by atoms with van der Waals surface area (Å²) in [5.74, 6) is 0. The van der Waals surface area contributed by atoms with Gasteiger partial charge in [0, 0.05) is 22.1 Å². The highest BCUT2D eigenvalue weighted by Gasteiger charge is 2.24. The van der Waals surface area contributed by atoms with E-state index in [0.29, 0.717) is 0 Å². The number of hydrogen-bond acceptors (Lipinski definition) is 6. The fourth-order valence-corrected chi connectivity index (χ4v) is 3.40. The van der Waals surface area contributed by atoms with E-state index < -0.39 is 35.4 Å². The van der Waals surface area contributed by atoms with Crippen LogP contribution in [0, 0.1) is 0 Å². The number of benzene rings is 2. The summed E-state index contributed by atoms with van der Waals surface area (Å²) < 4.78 is 63.7. The molecule has 108 valence electrons. The minimum absolute atomic E-state index is 0.00963. The third-order valence-electron chi connectivity index (χ3n) is 2.70. The molecule has 0 unspecified atom stereocenters. The van der Waals surface area contributed by atoms with E-state index in [1.54, 1.807) is 0 Å². The van der Waals surface area contributed by atoms with Crippen LogP contribution in [0.15, 0.2) is 34.1 Å². The van der Waals surface area contributed by atoms with Crippen LogP contribution in [0.4, 0.5) is 11.4 Å². The van der Waals surface area contributed by atoms with Gasteiger partial charge in [0.25, 0.3) is 20.2 Å². The molecule has 0 amide bonds. The van der Waals surface area contributed by atoms with Crippen LogP contribution in [-0.2, 0) is 20.2 Å². The number of anilines is 2. The first-order chi connectivity index (χ1) is 9.03. The lowest BCUT2D eigenvalue weighted by Crippen LogP contribution is -2.07. The number of hydrogen-bond donors (Lipinski definition) is 4. The molecular formula is C10H10N2O6S2. The molecule has 0 aliphatic rings. The molecule has 0 aliphatic heterocycles. The summed E-state index contributed by atoms with van der Waals surface area (Å²) >= 11 is 0. The average Bonchev–Trinajstić information content (AvgIpc) is 2.25. The van der Waals surface area contributed by atoms with Crippen LogP contribution in [-0.4, -0.2) is 25.9 Å². The summed E-state index contributed by atoms with van der Waals surface area (Å²) in [6, 6.07) is 4.19. The molecule has 0 saturated heterocycles. The van der Waals surface area contributed by atoms with Crippen molar-refractivity contribution in [1.29, 1.82) is 0 Å². The molecule has 20 heavy (non-hydrogen) atoms. The Balaban J connectivity index is 3.22. The molecule has 8 nitrogen and oxygen atoms in total. The standard InChI is InChI=1S/C10H10N2O6S2/c11-5-1-3-7(19(13,14)15)10-8(20(16,17)18)4-2-6(12)9(5)10/h1-4H,11-12H2,(H,13,14,15)(H,16,17,18). The number of nitrogen functional groups attached to an aromatic ring is 2. The van der Waals surface area contributed by atoms with Gasteiger partial charge in [-0.2, -0.15) is 16.8 Å². The number of nitrogens with two attached hydrogens (primary N) is 2. The van der Waals surface area contributed by atoms with E-state index in [1.807, 2.05) is 0 Å². The van der Waals surface area contributed by atoms with Crippen LogP contribution in [0.3, 0.4) is 0 Å². The van der Waals surface area contributed by atoms with Gasteiger partial charge in [-0.1, -0.05) is 0 Å². The summed E-state index contributed by atoms with van der Waals surface area (Å²) in [6.45, 7) is 0. The maximum absolute atomic E-state index is 11.3. The SMILES string of the molecule is Nc1ccc(S(=O)(=O)O)c2c(S(=O)(=O)O)ccc(N)c12. The molecule has 0 aromatic heterocycles. The molecule has 6 N–H and O–H groups in total. The second-order valence-electron chi connectivity index (χ2n) is 4.01. The fraction of sp³-hybridized carbons (Fsp3) is 0. The normalized spacial score (nSPS) is 12.7. The molecule has 0 atom stereocenters.